The zero-order valence-corrected chi connectivity index (χ0v) is 39.9. The number of alkyl halides is 2. The van der Waals surface area contributed by atoms with E-state index in [1.165, 1.54) is 24.0 Å². The van der Waals surface area contributed by atoms with Crippen LogP contribution in [0.5, 0.6) is 11.5 Å². The van der Waals surface area contributed by atoms with Crippen LogP contribution in [0.2, 0.25) is 0 Å². The number of carbonyl (C=O) groups is 3. The second-order valence-electron chi connectivity index (χ2n) is 15.9. The van der Waals surface area contributed by atoms with E-state index in [-0.39, 0.29) is 45.6 Å². The number of carbonyl (C=O) groups excluding carboxylic acids is 3. The Balaban J connectivity index is 0.000000168. The average Bonchev–Trinajstić information content (AvgIpc) is 4.19. The van der Waals surface area contributed by atoms with Crippen molar-refractivity contribution in [3.8, 4) is 11.5 Å². The van der Waals surface area contributed by atoms with Gasteiger partial charge in [0, 0.05) is 11.1 Å². The monoisotopic (exact) mass is 1020 g/mol. The molecule has 0 saturated carbocycles. The fourth-order valence-corrected chi connectivity index (χ4v) is 7.96. The van der Waals surface area contributed by atoms with Crippen LogP contribution in [0.1, 0.15) is 59.9 Å². The van der Waals surface area contributed by atoms with E-state index in [2.05, 4.69) is 51.2 Å². The Labute approximate surface area is 414 Å². The fraction of sp³-hybridized carbons (Fsp3) is 0.271. The smallest absolute Gasteiger partial charge is 0.425 e. The number of aliphatic hydroxyl groups is 1. The van der Waals surface area contributed by atoms with Gasteiger partial charge in [-0.2, -0.15) is 9.36 Å². The number of para-hydroxylation sites is 2. The van der Waals surface area contributed by atoms with Crippen molar-refractivity contribution in [3.63, 3.8) is 0 Å². The molecule has 0 bridgehead atoms. The van der Waals surface area contributed by atoms with Crippen molar-refractivity contribution in [2.45, 2.75) is 75.9 Å². The Hall–Kier alpha value is -8.31. The van der Waals surface area contributed by atoms with E-state index in [1.807, 2.05) is 18.2 Å². The number of nitrogens with one attached hydrogen (secondary N) is 2. The number of aliphatic hydroxyl groups excluding tert-OH is 1. The van der Waals surface area contributed by atoms with Crippen molar-refractivity contribution in [2.75, 3.05) is 17.3 Å². The van der Waals surface area contributed by atoms with Gasteiger partial charge >= 0.3 is 14.2 Å². The van der Waals surface area contributed by atoms with Gasteiger partial charge in [-0.1, -0.05) is 97.1 Å². The van der Waals surface area contributed by atoms with Crippen molar-refractivity contribution in [2.24, 2.45) is 0 Å². The predicted octanol–water partition coefficient (Wildman–Crippen LogP) is 7.62. The zero-order valence-electron chi connectivity index (χ0n) is 39.0. The number of nitrogens with zero attached hydrogens (tertiary/aromatic N) is 10. The SMILES string of the molecule is CC[C@H]1O[C@@H](n2nnc3c(NC(=O)c4ccccc4)ncnc32)[C@@H](F)[C@@H]1O.CC[C@H]1O[C@@H](n2nnc3c(NC(=O)c4ccccc4)ncnc32)[C@@H](F)[C@@H]1OC(=O)Oc1ccccc1.C[P+](=O)Oc1ccccc1. The van der Waals surface area contributed by atoms with E-state index in [0.717, 1.165) is 4.68 Å². The molecule has 22 nitrogen and oxygen atoms in total. The molecule has 4 aromatic carbocycles. The summed E-state index contributed by atoms with van der Waals surface area (Å²) in [6, 6.07) is 34.6. The third-order valence-corrected chi connectivity index (χ3v) is 11.5. The first-order chi connectivity index (χ1) is 35.4. The first-order valence-corrected chi connectivity index (χ1v) is 24.3. The molecule has 2 aliphatic heterocycles. The van der Waals surface area contributed by atoms with Crippen LogP contribution in [0.4, 0.5) is 25.2 Å². The molecule has 4 aromatic heterocycles. The minimum atomic E-state index is -1.79. The Morgan fingerprint density at radius 3 is 1.53 bits per heavy atom. The summed E-state index contributed by atoms with van der Waals surface area (Å²) >= 11 is 0. The van der Waals surface area contributed by atoms with E-state index in [9.17, 15) is 28.4 Å². The van der Waals surface area contributed by atoms with E-state index in [4.69, 9.17) is 23.5 Å². The van der Waals surface area contributed by atoms with Crippen LogP contribution in [-0.4, -0.2) is 116 Å². The quantitative estimate of drug-likeness (QED) is 0.0603. The summed E-state index contributed by atoms with van der Waals surface area (Å²) in [5.74, 6) is 0.423. The molecule has 2 fully saturated rings. The summed E-state index contributed by atoms with van der Waals surface area (Å²) in [5, 5.41) is 31.2. The molecular formula is C48H46F2N12O10P+. The first-order valence-electron chi connectivity index (χ1n) is 22.6. The maximum atomic E-state index is 15.6. The second kappa shape index (κ2) is 23.7. The summed E-state index contributed by atoms with van der Waals surface area (Å²) in [6.07, 6.45) is -7.58. The normalized spacial score (nSPS) is 21.2. The van der Waals surface area contributed by atoms with Gasteiger partial charge in [0.15, 0.2) is 77.3 Å². The lowest BCUT2D eigenvalue weighted by atomic mass is 10.1. The highest BCUT2D eigenvalue weighted by Crippen LogP contribution is 2.37. The largest absolute Gasteiger partial charge is 0.552 e. The van der Waals surface area contributed by atoms with E-state index in [0.29, 0.717) is 29.7 Å². The molecule has 10 rings (SSSR count). The third kappa shape index (κ3) is 12.1. The van der Waals surface area contributed by atoms with Crippen molar-refractivity contribution in [3.05, 3.63) is 145 Å². The maximum Gasteiger partial charge on any atom is 0.552 e. The number of aromatic nitrogens is 10. The van der Waals surface area contributed by atoms with E-state index < -0.39 is 69.3 Å². The van der Waals surface area contributed by atoms with E-state index in [1.54, 1.807) is 117 Å². The van der Waals surface area contributed by atoms with Gasteiger partial charge in [0.05, 0.1) is 6.10 Å². The average molecular weight is 1020 g/mol. The summed E-state index contributed by atoms with van der Waals surface area (Å²) in [4.78, 5) is 53.5. The van der Waals surface area contributed by atoms with Crippen LogP contribution >= 0.6 is 8.03 Å². The standard InChI is InChI=1S/C24H21FN6O5.C17H17FN6O3.C7H8O2P/c1-2-16-19(36-24(33)34-15-11-7-4-8-12-15)17(25)23(35-16)31-21-18(29-30-31)20(26-13-27-21)28-22(32)14-9-5-3-6-10-14;1-2-10-13(25)11(18)17(27-10)24-15-12(22-23-24)14(19-8-20-15)21-16(26)9-6-4-3-5-7-9;1-10(8)9-7-5-3-2-4-6-7/h3-13,16-17,19,23H,2H2,1H3,(H,26,27,28,32);3-8,10-11,13,17,25H,2H2,1H3,(H,19,20,21,26);2-6H,1H3/q;;+1/t16-,17+,19-,23-;10-,11+,13-,17-;/m11./s1. The molecule has 3 N–H and O–H groups in total. The Morgan fingerprint density at radius 2 is 1.08 bits per heavy atom. The lowest BCUT2D eigenvalue weighted by Crippen LogP contribution is -2.34. The summed E-state index contributed by atoms with van der Waals surface area (Å²) < 4.78 is 69.6. The van der Waals surface area contributed by atoms with Crippen molar-refractivity contribution >= 4 is 60.0 Å². The highest BCUT2D eigenvalue weighted by atomic mass is 31.1. The Bertz CT molecular complexity index is 3150. The van der Waals surface area contributed by atoms with Crippen molar-refractivity contribution in [1.82, 2.24) is 49.9 Å². The Kier molecular flexibility index (Phi) is 16.6. The van der Waals surface area contributed by atoms with Crippen molar-refractivity contribution in [1.29, 1.82) is 0 Å². The number of halogens is 2. The number of anilines is 2. The van der Waals surface area contributed by atoms with Gasteiger partial charge in [-0.15, -0.1) is 10.2 Å². The number of ether oxygens (including phenoxy) is 4. The predicted molar refractivity (Wildman–Crippen MR) is 257 cm³/mol. The molecule has 9 atom stereocenters. The lowest BCUT2D eigenvalue weighted by Gasteiger charge is -2.18. The minimum absolute atomic E-state index is 0.111. The molecule has 0 spiro atoms. The number of hydrogen-bond donors (Lipinski definition) is 3. The number of fused-ring (bicyclic) bond motifs is 2. The number of hydrogen-bond acceptors (Lipinski definition) is 18. The van der Waals surface area contributed by atoms with Gasteiger partial charge in [-0.25, -0.2) is 33.5 Å². The van der Waals surface area contributed by atoms with Gasteiger partial charge < -0.3 is 34.7 Å². The topological polar surface area (TPSA) is 272 Å². The highest BCUT2D eigenvalue weighted by molar-refractivity contribution is 7.38. The molecule has 0 radical (unpaired) electrons. The van der Waals surface area contributed by atoms with Crippen LogP contribution in [-0.2, 0) is 18.8 Å². The Morgan fingerprint density at radius 1 is 0.644 bits per heavy atom. The molecule has 2 aliphatic rings. The number of benzene rings is 4. The summed E-state index contributed by atoms with van der Waals surface area (Å²) in [7, 11) is -1.53. The van der Waals surface area contributed by atoms with Crippen LogP contribution in [0.25, 0.3) is 22.3 Å². The van der Waals surface area contributed by atoms with Gasteiger partial charge in [0.1, 0.15) is 30.6 Å². The molecule has 1 unspecified atom stereocenters. The van der Waals surface area contributed by atoms with Crippen molar-refractivity contribution < 1.29 is 56.3 Å². The zero-order chi connectivity index (χ0) is 51.4. The van der Waals surface area contributed by atoms with Crippen LogP contribution in [0, 0.1) is 0 Å². The van der Waals surface area contributed by atoms with Gasteiger partial charge in [0.25, 0.3) is 11.8 Å². The molecule has 0 aliphatic carbocycles. The highest BCUT2D eigenvalue weighted by Gasteiger charge is 2.50. The summed E-state index contributed by atoms with van der Waals surface area (Å²) in [5.41, 5.74) is 1.57. The number of rotatable bonds is 12. The van der Waals surface area contributed by atoms with Gasteiger partial charge in [-0.05, 0) is 65.9 Å². The molecule has 6 heterocycles. The van der Waals surface area contributed by atoms with Gasteiger partial charge in [-0.3, -0.25) is 14.1 Å². The van der Waals surface area contributed by atoms with E-state index >= 15 is 4.39 Å². The second-order valence-corrected chi connectivity index (χ2v) is 17.0. The molecule has 2 saturated heterocycles. The third-order valence-electron chi connectivity index (χ3n) is 11.1. The lowest BCUT2D eigenvalue weighted by molar-refractivity contribution is -0.0346. The molecule has 73 heavy (non-hydrogen) atoms. The molecule has 8 aromatic rings. The molecular weight excluding hydrogens is 974 g/mol. The minimum Gasteiger partial charge on any atom is -0.425 e. The number of amides is 2. The summed E-state index contributed by atoms with van der Waals surface area (Å²) in [6.45, 7) is 5.10. The van der Waals surface area contributed by atoms with Crippen LogP contribution < -0.4 is 19.9 Å². The molecule has 376 valence electrons. The van der Waals surface area contributed by atoms with Gasteiger partial charge in [0.2, 0.25) is 0 Å². The molecule has 25 heteroatoms. The maximum absolute atomic E-state index is 15.6. The molecule has 2 amide bonds. The first kappa shape index (κ1) is 51.1. The van der Waals surface area contributed by atoms with Crippen LogP contribution in [0.3, 0.4) is 0 Å². The van der Waals surface area contributed by atoms with Crippen LogP contribution in [0.15, 0.2) is 134 Å². The fourth-order valence-electron chi connectivity index (χ4n) is 7.54.